The van der Waals surface area contributed by atoms with Crippen molar-refractivity contribution in [3.8, 4) is 5.88 Å². The Kier molecular flexibility index (Phi) is 7.95. The first-order valence-electron chi connectivity index (χ1n) is 8.18. The van der Waals surface area contributed by atoms with Gasteiger partial charge in [0.15, 0.2) is 5.82 Å². The number of hydrogen-bond acceptors (Lipinski definition) is 6. The largest absolute Gasteiger partial charge is 0.479 e. The van der Waals surface area contributed by atoms with Crippen molar-refractivity contribution >= 4 is 11.5 Å². The lowest BCUT2D eigenvalue weighted by molar-refractivity contribution is 0.303. The van der Waals surface area contributed by atoms with E-state index in [0.717, 1.165) is 44.8 Å². The first kappa shape index (κ1) is 18.5. The van der Waals surface area contributed by atoms with Crippen molar-refractivity contribution in [3.05, 3.63) is 5.82 Å². The van der Waals surface area contributed by atoms with Crippen molar-refractivity contribution in [2.45, 2.75) is 40.5 Å². The molecule has 0 aromatic carbocycles. The fourth-order valence-corrected chi connectivity index (χ4v) is 2.29. The minimum absolute atomic E-state index is 0.455. The maximum atomic E-state index is 6.06. The minimum Gasteiger partial charge on any atom is -0.479 e. The van der Waals surface area contributed by atoms with Crippen LogP contribution in [0.1, 0.15) is 39.9 Å². The molecule has 1 aromatic rings. The zero-order chi connectivity index (χ0) is 16.5. The number of hydrogen-bond donors (Lipinski definition) is 2. The molecule has 0 aliphatic carbocycles. The number of nitrogens with two attached hydrogens (primary N) is 1. The third-order valence-electron chi connectivity index (χ3n) is 3.58. The summed E-state index contributed by atoms with van der Waals surface area (Å²) in [6.07, 6.45) is 1.86. The number of nitrogens with one attached hydrogen (secondary N) is 1. The lowest BCUT2D eigenvalue weighted by Crippen LogP contribution is -2.25. The zero-order valence-electron chi connectivity index (χ0n) is 14.6. The molecule has 126 valence electrons. The van der Waals surface area contributed by atoms with Crippen molar-refractivity contribution < 1.29 is 4.74 Å². The molecule has 0 amide bonds. The second kappa shape index (κ2) is 9.46. The van der Waals surface area contributed by atoms with Crippen molar-refractivity contribution in [1.82, 2.24) is 14.9 Å². The molecule has 22 heavy (non-hydrogen) atoms. The van der Waals surface area contributed by atoms with E-state index in [9.17, 15) is 0 Å². The molecular weight excluding hydrogens is 278 g/mol. The van der Waals surface area contributed by atoms with Crippen molar-refractivity contribution in [2.75, 3.05) is 44.3 Å². The van der Waals surface area contributed by atoms with Gasteiger partial charge in [0.05, 0.1) is 7.11 Å². The van der Waals surface area contributed by atoms with Gasteiger partial charge in [-0.1, -0.05) is 27.7 Å². The highest BCUT2D eigenvalue weighted by molar-refractivity contribution is 5.66. The predicted octanol–water partition coefficient (Wildman–Crippen LogP) is 2.41. The first-order valence-corrected chi connectivity index (χ1v) is 8.18. The van der Waals surface area contributed by atoms with Gasteiger partial charge in [-0.25, -0.2) is 4.98 Å². The second-order valence-electron chi connectivity index (χ2n) is 5.82. The number of nitrogens with zero attached hydrogens (tertiary/aromatic N) is 3. The van der Waals surface area contributed by atoms with Crippen LogP contribution in [0.5, 0.6) is 5.88 Å². The van der Waals surface area contributed by atoms with Crippen LogP contribution in [0, 0.1) is 5.92 Å². The summed E-state index contributed by atoms with van der Waals surface area (Å²) in [6.45, 7) is 12.7. The smallest absolute Gasteiger partial charge is 0.242 e. The Labute approximate surface area is 134 Å². The van der Waals surface area contributed by atoms with Gasteiger partial charge in [-0.3, -0.25) is 0 Å². The van der Waals surface area contributed by atoms with E-state index in [-0.39, 0.29) is 0 Å². The Morgan fingerprint density at radius 2 is 1.91 bits per heavy atom. The highest BCUT2D eigenvalue weighted by atomic mass is 16.5. The summed E-state index contributed by atoms with van der Waals surface area (Å²) in [4.78, 5) is 11.3. The number of methoxy groups -OCH3 is 1. The van der Waals surface area contributed by atoms with Gasteiger partial charge < -0.3 is 20.7 Å². The molecule has 3 N–H and O–H groups in total. The van der Waals surface area contributed by atoms with Gasteiger partial charge in [-0.15, -0.1) is 0 Å². The Balaban J connectivity index is 2.68. The summed E-state index contributed by atoms with van der Waals surface area (Å²) in [5, 5.41) is 3.32. The van der Waals surface area contributed by atoms with Crippen LogP contribution in [0.25, 0.3) is 0 Å². The molecular formula is C16H31N5O. The third-order valence-corrected chi connectivity index (χ3v) is 3.58. The van der Waals surface area contributed by atoms with Gasteiger partial charge in [0.1, 0.15) is 11.5 Å². The van der Waals surface area contributed by atoms with Crippen LogP contribution >= 0.6 is 0 Å². The van der Waals surface area contributed by atoms with Crippen LogP contribution in [0.15, 0.2) is 0 Å². The molecule has 0 spiro atoms. The summed E-state index contributed by atoms with van der Waals surface area (Å²) in [6, 6.07) is 0. The lowest BCUT2D eigenvalue weighted by Gasteiger charge is -2.18. The quantitative estimate of drug-likeness (QED) is 0.646. The lowest BCUT2D eigenvalue weighted by atomic mass is 10.1. The molecule has 1 aromatic heterocycles. The van der Waals surface area contributed by atoms with Crippen LogP contribution in [0.4, 0.5) is 11.5 Å². The highest BCUT2D eigenvalue weighted by Gasteiger charge is 2.13. The molecule has 0 saturated heterocycles. The maximum Gasteiger partial charge on any atom is 0.242 e. The van der Waals surface area contributed by atoms with Crippen LogP contribution < -0.4 is 15.8 Å². The molecule has 1 heterocycles. The van der Waals surface area contributed by atoms with E-state index in [1.54, 1.807) is 7.11 Å². The Morgan fingerprint density at radius 1 is 1.23 bits per heavy atom. The predicted molar refractivity (Wildman–Crippen MR) is 92.4 cm³/mol. The van der Waals surface area contributed by atoms with Crippen molar-refractivity contribution in [1.29, 1.82) is 0 Å². The summed E-state index contributed by atoms with van der Waals surface area (Å²) >= 11 is 0. The average Bonchev–Trinajstić information content (AvgIpc) is 2.49. The number of nitrogen functional groups attached to an aromatic ring is 1. The topological polar surface area (TPSA) is 76.3 Å². The second-order valence-corrected chi connectivity index (χ2v) is 5.82. The zero-order valence-corrected chi connectivity index (χ0v) is 14.6. The standard InChI is InChI=1S/C16H31N5O/c1-6-21(7-2)10-8-9-18-15-14(17)16(22-5)20-13(19-15)11-12(3)4/h12H,6-11,17H2,1-5H3,(H,18,19,20). The Morgan fingerprint density at radius 3 is 2.45 bits per heavy atom. The number of rotatable bonds is 10. The summed E-state index contributed by atoms with van der Waals surface area (Å²) in [7, 11) is 1.59. The van der Waals surface area contributed by atoms with Crippen LogP contribution in [-0.4, -0.2) is 48.2 Å². The van der Waals surface area contributed by atoms with E-state index in [0.29, 0.717) is 23.3 Å². The van der Waals surface area contributed by atoms with Crippen LogP contribution in [0.2, 0.25) is 0 Å². The van der Waals surface area contributed by atoms with E-state index < -0.39 is 0 Å². The molecule has 6 nitrogen and oxygen atoms in total. The molecule has 0 atom stereocenters. The molecule has 0 saturated carbocycles. The summed E-state index contributed by atoms with van der Waals surface area (Å²) in [5.41, 5.74) is 6.55. The Bertz CT molecular complexity index is 446. The molecule has 0 bridgehead atoms. The van der Waals surface area contributed by atoms with Gasteiger partial charge in [0, 0.05) is 13.0 Å². The highest BCUT2D eigenvalue weighted by Crippen LogP contribution is 2.26. The van der Waals surface area contributed by atoms with Crippen molar-refractivity contribution in [3.63, 3.8) is 0 Å². The normalized spacial score (nSPS) is 11.2. The fraction of sp³-hybridized carbons (Fsp3) is 0.750. The number of aromatic nitrogens is 2. The maximum absolute atomic E-state index is 6.06. The van der Waals surface area contributed by atoms with Crippen LogP contribution in [0.3, 0.4) is 0 Å². The van der Waals surface area contributed by atoms with Gasteiger partial charge in [0.25, 0.3) is 0 Å². The van der Waals surface area contributed by atoms with E-state index in [1.807, 2.05) is 0 Å². The molecule has 0 radical (unpaired) electrons. The van der Waals surface area contributed by atoms with E-state index in [1.165, 1.54) is 0 Å². The molecule has 6 heteroatoms. The SMILES string of the molecule is CCN(CC)CCCNc1nc(CC(C)C)nc(OC)c1N. The van der Waals surface area contributed by atoms with Gasteiger partial charge in [-0.2, -0.15) is 4.98 Å². The van der Waals surface area contributed by atoms with Gasteiger partial charge in [-0.05, 0) is 32.0 Å². The van der Waals surface area contributed by atoms with E-state index >= 15 is 0 Å². The fourth-order valence-electron chi connectivity index (χ4n) is 2.29. The summed E-state index contributed by atoms with van der Waals surface area (Å²) in [5.74, 6) is 2.40. The Hall–Kier alpha value is -1.56. The van der Waals surface area contributed by atoms with Gasteiger partial charge >= 0.3 is 0 Å². The number of anilines is 2. The molecule has 0 unspecified atom stereocenters. The van der Waals surface area contributed by atoms with Crippen molar-refractivity contribution in [2.24, 2.45) is 5.92 Å². The first-order chi connectivity index (χ1) is 10.5. The van der Waals surface area contributed by atoms with Gasteiger partial charge in [0.2, 0.25) is 5.88 Å². The average molecular weight is 309 g/mol. The summed E-state index contributed by atoms with van der Waals surface area (Å²) < 4.78 is 5.26. The monoisotopic (exact) mass is 309 g/mol. The molecule has 0 aliphatic heterocycles. The van der Waals surface area contributed by atoms with E-state index in [2.05, 4.69) is 47.9 Å². The third kappa shape index (κ3) is 5.67. The number of ether oxygens (including phenoxy) is 1. The molecule has 0 fully saturated rings. The molecule has 0 aliphatic rings. The van der Waals surface area contributed by atoms with E-state index in [4.69, 9.17) is 10.5 Å². The van der Waals surface area contributed by atoms with Crippen LogP contribution in [-0.2, 0) is 6.42 Å². The molecule has 1 rings (SSSR count). The minimum atomic E-state index is 0.455.